The van der Waals surface area contributed by atoms with Gasteiger partial charge in [-0.1, -0.05) is 0 Å². The number of aromatic nitrogens is 2. The highest BCUT2D eigenvalue weighted by Crippen LogP contribution is 2.47. The first-order valence-corrected chi connectivity index (χ1v) is 5.51. The Labute approximate surface area is 94.4 Å². The molecule has 1 aromatic heterocycles. The van der Waals surface area contributed by atoms with Crippen molar-refractivity contribution >= 4 is 5.91 Å². The largest absolute Gasteiger partial charge is 0.351 e. The summed E-state index contributed by atoms with van der Waals surface area (Å²) in [5, 5.41) is 10.2. The van der Waals surface area contributed by atoms with E-state index in [9.17, 15) is 4.79 Å². The molecule has 16 heavy (non-hydrogen) atoms. The number of amides is 1. The third-order valence-corrected chi connectivity index (χ3v) is 3.10. The van der Waals surface area contributed by atoms with Crippen molar-refractivity contribution in [1.29, 1.82) is 0 Å². The van der Waals surface area contributed by atoms with Crippen molar-refractivity contribution < 1.29 is 4.79 Å². The van der Waals surface area contributed by atoms with E-state index in [-0.39, 0.29) is 11.3 Å². The van der Waals surface area contributed by atoms with Gasteiger partial charge in [-0.3, -0.25) is 4.79 Å². The number of rotatable bonds is 5. The molecule has 0 aliphatic heterocycles. The van der Waals surface area contributed by atoms with E-state index in [0.717, 1.165) is 6.42 Å². The van der Waals surface area contributed by atoms with E-state index in [0.29, 0.717) is 18.7 Å². The van der Waals surface area contributed by atoms with E-state index in [1.165, 1.54) is 25.2 Å². The first-order valence-electron chi connectivity index (χ1n) is 5.51. The van der Waals surface area contributed by atoms with Crippen LogP contribution in [0.5, 0.6) is 0 Å². The molecule has 0 saturated heterocycles. The number of nitrogens with one attached hydrogen (secondary N) is 1. The first kappa shape index (κ1) is 11.0. The molecule has 5 heteroatoms. The van der Waals surface area contributed by atoms with Gasteiger partial charge in [0.2, 0.25) is 0 Å². The molecular weight excluding hydrogens is 204 g/mol. The zero-order valence-electron chi connectivity index (χ0n) is 9.15. The normalized spacial score (nSPS) is 16.8. The van der Waals surface area contributed by atoms with Crippen LogP contribution in [-0.2, 0) is 0 Å². The molecule has 1 aromatic rings. The van der Waals surface area contributed by atoms with Crippen LogP contribution >= 0.6 is 0 Å². The Bertz CT molecular complexity index is 362. The third-order valence-electron chi connectivity index (χ3n) is 3.10. The van der Waals surface area contributed by atoms with Crippen molar-refractivity contribution in [2.45, 2.75) is 19.3 Å². The summed E-state index contributed by atoms with van der Waals surface area (Å²) in [7, 11) is 0. The lowest BCUT2D eigenvalue weighted by molar-refractivity contribution is 0.0943. The van der Waals surface area contributed by atoms with Crippen LogP contribution in [0.2, 0.25) is 0 Å². The van der Waals surface area contributed by atoms with E-state index in [1.807, 2.05) is 0 Å². The summed E-state index contributed by atoms with van der Waals surface area (Å²) in [6, 6.07) is 1.66. The second-order valence-corrected chi connectivity index (χ2v) is 4.35. The molecule has 1 heterocycles. The van der Waals surface area contributed by atoms with E-state index in [2.05, 4.69) is 15.5 Å². The Kier molecular flexibility index (Phi) is 3.14. The highest BCUT2D eigenvalue weighted by atomic mass is 16.1. The Morgan fingerprint density at radius 2 is 2.31 bits per heavy atom. The van der Waals surface area contributed by atoms with Crippen molar-refractivity contribution in [2.75, 3.05) is 13.1 Å². The van der Waals surface area contributed by atoms with Crippen molar-refractivity contribution in [3.63, 3.8) is 0 Å². The molecule has 0 atom stereocenters. The molecular formula is C11H16N4O. The molecule has 1 saturated carbocycles. The van der Waals surface area contributed by atoms with Gasteiger partial charge in [0.1, 0.15) is 0 Å². The van der Waals surface area contributed by atoms with Crippen molar-refractivity contribution in [1.82, 2.24) is 15.5 Å². The number of carbonyl (C=O) groups is 1. The van der Waals surface area contributed by atoms with Crippen LogP contribution < -0.4 is 11.1 Å². The molecule has 0 radical (unpaired) electrons. The van der Waals surface area contributed by atoms with Gasteiger partial charge in [0.05, 0.1) is 18.0 Å². The zero-order chi connectivity index (χ0) is 11.4. The average molecular weight is 220 g/mol. The summed E-state index contributed by atoms with van der Waals surface area (Å²) in [4.78, 5) is 11.7. The maximum Gasteiger partial charge on any atom is 0.252 e. The number of hydrogen-bond donors (Lipinski definition) is 2. The molecule has 0 spiro atoms. The maximum atomic E-state index is 11.7. The minimum Gasteiger partial charge on any atom is -0.351 e. The smallest absolute Gasteiger partial charge is 0.252 e. The SMILES string of the molecule is NCCC1(CNC(=O)c2ccnnc2)CC1. The molecule has 1 fully saturated rings. The first-order chi connectivity index (χ1) is 7.76. The number of carbonyl (C=O) groups excluding carboxylic acids is 1. The molecule has 1 aliphatic rings. The zero-order valence-corrected chi connectivity index (χ0v) is 9.15. The van der Waals surface area contributed by atoms with E-state index in [4.69, 9.17) is 5.73 Å². The van der Waals surface area contributed by atoms with E-state index >= 15 is 0 Å². The van der Waals surface area contributed by atoms with E-state index < -0.39 is 0 Å². The van der Waals surface area contributed by atoms with Gasteiger partial charge >= 0.3 is 0 Å². The summed E-state index contributed by atoms with van der Waals surface area (Å²) in [5.41, 5.74) is 6.36. The standard InChI is InChI=1S/C11H16N4O/c12-5-4-11(2-3-11)8-13-10(16)9-1-6-14-15-7-9/h1,6-7H,2-5,8,12H2,(H,13,16). The molecule has 1 aliphatic carbocycles. The lowest BCUT2D eigenvalue weighted by Crippen LogP contribution is -2.31. The fourth-order valence-corrected chi connectivity index (χ4v) is 1.79. The van der Waals surface area contributed by atoms with E-state index in [1.54, 1.807) is 6.07 Å². The molecule has 86 valence electrons. The van der Waals surface area contributed by atoms with Gasteiger partial charge in [0, 0.05) is 6.54 Å². The minimum absolute atomic E-state index is 0.0850. The minimum atomic E-state index is -0.0850. The number of nitrogens with zero attached hydrogens (tertiary/aromatic N) is 2. The Morgan fingerprint density at radius 1 is 1.50 bits per heavy atom. The average Bonchev–Trinajstić information content (AvgIpc) is 3.08. The lowest BCUT2D eigenvalue weighted by Gasteiger charge is -2.14. The van der Waals surface area contributed by atoms with Gasteiger partial charge in [-0.15, -0.1) is 0 Å². The molecule has 0 unspecified atom stereocenters. The summed E-state index contributed by atoms with van der Waals surface area (Å²) >= 11 is 0. The Balaban J connectivity index is 1.85. The highest BCUT2D eigenvalue weighted by Gasteiger charge is 2.41. The Hall–Kier alpha value is -1.49. The van der Waals surface area contributed by atoms with Gasteiger partial charge in [-0.25, -0.2) is 0 Å². The topological polar surface area (TPSA) is 80.9 Å². The van der Waals surface area contributed by atoms with Crippen LogP contribution in [0.3, 0.4) is 0 Å². The van der Waals surface area contributed by atoms with Crippen molar-refractivity contribution in [2.24, 2.45) is 11.1 Å². The van der Waals surface area contributed by atoms with Crippen LogP contribution in [0.15, 0.2) is 18.5 Å². The van der Waals surface area contributed by atoms with Gasteiger partial charge in [0.25, 0.3) is 5.91 Å². The quantitative estimate of drug-likeness (QED) is 0.749. The molecule has 0 aromatic carbocycles. The monoisotopic (exact) mass is 220 g/mol. The fourth-order valence-electron chi connectivity index (χ4n) is 1.79. The second kappa shape index (κ2) is 4.57. The number of hydrogen-bond acceptors (Lipinski definition) is 4. The number of nitrogens with two attached hydrogens (primary N) is 1. The molecule has 3 N–H and O–H groups in total. The van der Waals surface area contributed by atoms with Gasteiger partial charge < -0.3 is 11.1 Å². The summed E-state index contributed by atoms with van der Waals surface area (Å²) in [6.45, 7) is 1.40. The molecule has 5 nitrogen and oxygen atoms in total. The van der Waals surface area contributed by atoms with Crippen LogP contribution in [0, 0.1) is 5.41 Å². The molecule has 2 rings (SSSR count). The van der Waals surface area contributed by atoms with Crippen molar-refractivity contribution in [3.8, 4) is 0 Å². The summed E-state index contributed by atoms with van der Waals surface area (Å²) in [5.74, 6) is -0.0850. The fraction of sp³-hybridized carbons (Fsp3) is 0.545. The van der Waals surface area contributed by atoms with Gasteiger partial charge in [-0.05, 0) is 37.3 Å². The summed E-state index contributed by atoms with van der Waals surface area (Å²) < 4.78 is 0. The van der Waals surface area contributed by atoms with Crippen LogP contribution in [-0.4, -0.2) is 29.2 Å². The van der Waals surface area contributed by atoms with Crippen LogP contribution in [0.25, 0.3) is 0 Å². The summed E-state index contributed by atoms with van der Waals surface area (Å²) in [6.07, 6.45) is 6.31. The molecule has 0 bridgehead atoms. The van der Waals surface area contributed by atoms with Crippen molar-refractivity contribution in [3.05, 3.63) is 24.0 Å². The Morgan fingerprint density at radius 3 is 2.88 bits per heavy atom. The highest BCUT2D eigenvalue weighted by molar-refractivity contribution is 5.93. The second-order valence-electron chi connectivity index (χ2n) is 4.35. The lowest BCUT2D eigenvalue weighted by atomic mass is 10.0. The third kappa shape index (κ3) is 2.55. The van der Waals surface area contributed by atoms with Crippen LogP contribution in [0.4, 0.5) is 0 Å². The van der Waals surface area contributed by atoms with Gasteiger partial charge in [-0.2, -0.15) is 10.2 Å². The maximum absolute atomic E-state index is 11.7. The molecule has 1 amide bonds. The van der Waals surface area contributed by atoms with Crippen LogP contribution in [0.1, 0.15) is 29.6 Å². The van der Waals surface area contributed by atoms with Gasteiger partial charge in [0.15, 0.2) is 0 Å². The predicted molar refractivity (Wildman–Crippen MR) is 59.7 cm³/mol. The predicted octanol–water partition coefficient (Wildman–Crippen LogP) is 0.335.